The van der Waals surface area contributed by atoms with Gasteiger partial charge in [0.05, 0.1) is 0 Å². The van der Waals surface area contributed by atoms with Crippen LogP contribution in [0, 0.1) is 5.41 Å². The highest BCUT2D eigenvalue weighted by atomic mass is 32.2. The van der Waals surface area contributed by atoms with E-state index in [0.717, 1.165) is 6.26 Å². The van der Waals surface area contributed by atoms with E-state index >= 15 is 0 Å². The van der Waals surface area contributed by atoms with Crippen LogP contribution in [0.3, 0.4) is 0 Å². The molecule has 0 radical (unpaired) electrons. The van der Waals surface area contributed by atoms with Gasteiger partial charge in [-0.3, -0.25) is 4.79 Å². The summed E-state index contributed by atoms with van der Waals surface area (Å²) < 4.78 is 21.4. The lowest BCUT2D eigenvalue weighted by Gasteiger charge is -2.18. The molecule has 0 saturated carbocycles. The van der Waals surface area contributed by atoms with Crippen molar-refractivity contribution >= 4 is 15.7 Å². The van der Waals surface area contributed by atoms with Crippen LogP contribution in [0.15, 0.2) is 0 Å². The van der Waals surface area contributed by atoms with Crippen molar-refractivity contribution in [2.75, 3.05) is 18.6 Å². The predicted molar refractivity (Wildman–Crippen MR) is 52.2 cm³/mol. The molecule has 78 valence electrons. The molecule has 13 heavy (non-hydrogen) atoms. The van der Waals surface area contributed by atoms with E-state index in [2.05, 4.69) is 5.32 Å². The van der Waals surface area contributed by atoms with Gasteiger partial charge < -0.3 is 5.32 Å². The number of nitrogens with one attached hydrogen (secondary N) is 1. The molecule has 0 aromatic carbocycles. The number of rotatable bonds is 3. The van der Waals surface area contributed by atoms with Gasteiger partial charge in [0.25, 0.3) is 0 Å². The molecule has 0 aliphatic rings. The summed E-state index contributed by atoms with van der Waals surface area (Å²) >= 11 is 0. The van der Waals surface area contributed by atoms with Crippen molar-refractivity contribution in [2.24, 2.45) is 5.41 Å². The molecule has 0 fully saturated rings. The zero-order valence-electron chi connectivity index (χ0n) is 8.55. The Kier molecular flexibility index (Phi) is 3.90. The van der Waals surface area contributed by atoms with E-state index in [1.54, 1.807) is 0 Å². The average molecular weight is 207 g/mol. The molecule has 0 bridgehead atoms. The number of sulfone groups is 1. The summed E-state index contributed by atoms with van der Waals surface area (Å²) in [5.74, 6) is -0.860. The first-order valence-electron chi connectivity index (χ1n) is 4.05. The molecule has 0 heterocycles. The van der Waals surface area contributed by atoms with Crippen LogP contribution >= 0.6 is 0 Å². The number of hydrogen-bond donors (Lipinski definition) is 1. The second kappa shape index (κ2) is 4.09. The topological polar surface area (TPSA) is 63.2 Å². The van der Waals surface area contributed by atoms with Crippen molar-refractivity contribution in [3.05, 3.63) is 0 Å². The normalized spacial score (nSPS) is 12.6. The van der Waals surface area contributed by atoms with Gasteiger partial charge >= 0.3 is 0 Å². The molecule has 0 atom stereocenters. The highest BCUT2D eigenvalue weighted by molar-refractivity contribution is 7.91. The van der Waals surface area contributed by atoms with E-state index < -0.39 is 21.5 Å². The number of hydrogen-bond acceptors (Lipinski definition) is 3. The SMILES string of the molecule is CC(C)(C)CNC(=O)CS(C)(=O)=O. The van der Waals surface area contributed by atoms with Crippen LogP contribution in [0.2, 0.25) is 0 Å². The standard InChI is InChI=1S/C8H17NO3S/c1-8(2,3)6-9-7(10)5-13(4,11)12/h5-6H2,1-4H3,(H,9,10). The zero-order chi connectivity index (χ0) is 10.7. The fourth-order valence-electron chi connectivity index (χ4n) is 0.653. The summed E-state index contributed by atoms with van der Waals surface area (Å²) in [5, 5.41) is 2.56. The van der Waals surface area contributed by atoms with E-state index in [1.165, 1.54) is 0 Å². The Morgan fingerprint density at radius 3 is 2.08 bits per heavy atom. The number of carbonyl (C=O) groups excluding carboxylic acids is 1. The second-order valence-electron chi connectivity index (χ2n) is 4.41. The third kappa shape index (κ3) is 9.33. The summed E-state index contributed by atoms with van der Waals surface area (Å²) in [4.78, 5) is 11.0. The minimum Gasteiger partial charge on any atom is -0.355 e. The van der Waals surface area contributed by atoms with Crippen molar-refractivity contribution in [1.29, 1.82) is 0 Å². The van der Waals surface area contributed by atoms with Crippen LogP contribution in [0.5, 0.6) is 0 Å². The maximum absolute atomic E-state index is 11.0. The molecule has 0 aromatic heterocycles. The van der Waals surface area contributed by atoms with Gasteiger partial charge in [0.2, 0.25) is 5.91 Å². The maximum Gasteiger partial charge on any atom is 0.235 e. The second-order valence-corrected chi connectivity index (χ2v) is 6.55. The van der Waals surface area contributed by atoms with Crippen molar-refractivity contribution in [3.8, 4) is 0 Å². The predicted octanol–water partition coefficient (Wildman–Crippen LogP) is 0.193. The Bertz CT molecular complexity index is 274. The van der Waals surface area contributed by atoms with Crippen LogP contribution in [0.25, 0.3) is 0 Å². The first kappa shape index (κ1) is 12.4. The summed E-state index contributed by atoms with van der Waals surface area (Å²) in [7, 11) is -3.20. The van der Waals surface area contributed by atoms with Crippen molar-refractivity contribution < 1.29 is 13.2 Å². The molecule has 0 spiro atoms. The molecular formula is C8H17NO3S. The van der Waals surface area contributed by atoms with Gasteiger partial charge in [-0.2, -0.15) is 0 Å². The lowest BCUT2D eigenvalue weighted by Crippen LogP contribution is -2.35. The highest BCUT2D eigenvalue weighted by Gasteiger charge is 2.14. The third-order valence-electron chi connectivity index (χ3n) is 1.21. The third-order valence-corrected chi connectivity index (χ3v) is 2.00. The zero-order valence-corrected chi connectivity index (χ0v) is 9.36. The molecule has 0 rings (SSSR count). The lowest BCUT2D eigenvalue weighted by molar-refractivity contribution is -0.119. The van der Waals surface area contributed by atoms with E-state index in [0.29, 0.717) is 6.54 Å². The van der Waals surface area contributed by atoms with Crippen molar-refractivity contribution in [2.45, 2.75) is 20.8 Å². The van der Waals surface area contributed by atoms with Crippen molar-refractivity contribution in [1.82, 2.24) is 5.32 Å². The molecule has 0 aliphatic carbocycles. The summed E-state index contributed by atoms with van der Waals surface area (Å²) in [6.45, 7) is 6.39. The smallest absolute Gasteiger partial charge is 0.235 e. The molecule has 0 saturated heterocycles. The fourth-order valence-corrected chi connectivity index (χ4v) is 1.23. The molecule has 1 amide bonds. The first-order valence-corrected chi connectivity index (χ1v) is 6.11. The van der Waals surface area contributed by atoms with Crippen molar-refractivity contribution in [3.63, 3.8) is 0 Å². The van der Waals surface area contributed by atoms with E-state index in [9.17, 15) is 13.2 Å². The van der Waals surface area contributed by atoms with E-state index in [1.807, 2.05) is 20.8 Å². The van der Waals surface area contributed by atoms with Gasteiger partial charge in [0.15, 0.2) is 9.84 Å². The van der Waals surface area contributed by atoms with Gasteiger partial charge in [-0.25, -0.2) is 8.42 Å². The van der Waals surface area contributed by atoms with E-state index in [4.69, 9.17) is 0 Å². The van der Waals surface area contributed by atoms with Gasteiger partial charge in [-0.15, -0.1) is 0 Å². The monoisotopic (exact) mass is 207 g/mol. The molecule has 0 aliphatic heterocycles. The molecule has 5 heteroatoms. The Morgan fingerprint density at radius 2 is 1.77 bits per heavy atom. The minimum atomic E-state index is -3.20. The summed E-state index contributed by atoms with van der Waals surface area (Å²) in [6, 6.07) is 0. The highest BCUT2D eigenvalue weighted by Crippen LogP contribution is 2.09. The molecule has 4 nitrogen and oxygen atoms in total. The van der Waals surface area contributed by atoms with Gasteiger partial charge in [0.1, 0.15) is 5.75 Å². The average Bonchev–Trinajstić information content (AvgIpc) is 1.78. The lowest BCUT2D eigenvalue weighted by atomic mass is 9.97. The Balaban J connectivity index is 3.92. The van der Waals surface area contributed by atoms with Crippen LogP contribution in [0.1, 0.15) is 20.8 Å². The Hall–Kier alpha value is -0.580. The van der Waals surface area contributed by atoms with E-state index in [-0.39, 0.29) is 5.41 Å². The van der Waals surface area contributed by atoms with Crippen LogP contribution in [-0.2, 0) is 14.6 Å². The molecule has 0 aromatic rings. The Labute approximate surface area is 79.6 Å². The number of carbonyl (C=O) groups is 1. The van der Waals surface area contributed by atoms with Crippen LogP contribution < -0.4 is 5.32 Å². The Morgan fingerprint density at radius 1 is 1.31 bits per heavy atom. The van der Waals surface area contributed by atoms with Gasteiger partial charge in [-0.05, 0) is 5.41 Å². The summed E-state index contributed by atoms with van der Waals surface area (Å²) in [5.41, 5.74) is -0.0207. The quantitative estimate of drug-likeness (QED) is 0.718. The molecular weight excluding hydrogens is 190 g/mol. The van der Waals surface area contributed by atoms with Crippen LogP contribution in [0.4, 0.5) is 0 Å². The van der Waals surface area contributed by atoms with Gasteiger partial charge in [0, 0.05) is 12.8 Å². The van der Waals surface area contributed by atoms with Crippen LogP contribution in [-0.4, -0.2) is 32.9 Å². The first-order chi connectivity index (χ1) is 5.60. The fraction of sp³-hybridized carbons (Fsp3) is 0.875. The number of amides is 1. The summed E-state index contributed by atoms with van der Waals surface area (Å²) in [6.07, 6.45) is 1.05. The molecule has 1 N–H and O–H groups in total. The maximum atomic E-state index is 11.0. The minimum absolute atomic E-state index is 0.0207. The van der Waals surface area contributed by atoms with Gasteiger partial charge in [-0.1, -0.05) is 20.8 Å². The molecule has 0 unspecified atom stereocenters. The largest absolute Gasteiger partial charge is 0.355 e.